The zero-order chi connectivity index (χ0) is 39.1. The first-order valence-electron chi connectivity index (χ1n) is 25.1. The lowest BCUT2D eigenvalue weighted by Gasteiger charge is -2.59. The Morgan fingerprint density at radius 3 is 1.32 bits per heavy atom. The van der Waals surface area contributed by atoms with Gasteiger partial charge in [-0.25, -0.2) is 0 Å². The molecule has 2 aliphatic heterocycles. The molecule has 2 saturated heterocycles. The number of halogens is 4. The molecule has 2 aromatic rings. The van der Waals surface area contributed by atoms with Crippen molar-refractivity contribution in [2.24, 2.45) is 23.7 Å². The van der Waals surface area contributed by atoms with Crippen LogP contribution in [0.4, 0.5) is 0 Å². The minimum Gasteiger partial charge on any atom is -0.508 e. The maximum absolute atomic E-state index is 11.3. The van der Waals surface area contributed by atoms with Gasteiger partial charge in [-0.05, 0) is 174 Å². The van der Waals surface area contributed by atoms with Crippen LogP contribution >= 0.6 is 49.6 Å². The Hall–Kier alpha value is -0.960. The monoisotopic (exact) mass is 935 g/mol. The van der Waals surface area contributed by atoms with Crippen LogP contribution in [0.3, 0.4) is 0 Å². The maximum atomic E-state index is 11.3. The molecule has 2 aromatic carbocycles. The number of phenolic OH excluding ortho intramolecular Hbond substituents is 2. The Kier molecular flexibility index (Phi) is 18.1. The number of likely N-dealkylation sites (tertiary alicyclic amines) is 2. The first-order chi connectivity index (χ1) is 28.5. The van der Waals surface area contributed by atoms with Gasteiger partial charge < -0.3 is 20.8 Å². The Bertz CT molecular complexity index is 1630. The predicted molar refractivity (Wildman–Crippen MR) is 266 cm³/mol. The molecule has 10 rings (SSSR count). The zero-order valence-electron chi connectivity index (χ0n) is 37.8. The van der Waals surface area contributed by atoms with E-state index in [0.717, 1.165) is 61.0 Å². The summed E-state index contributed by atoms with van der Waals surface area (Å²) in [6, 6.07) is 10.7. The maximum Gasteiger partial charge on any atom is 0.120 e. The van der Waals surface area contributed by atoms with Crippen LogP contribution in [-0.2, 0) is 36.8 Å². The number of nitrogens with zero attached hydrogens (tertiary/aromatic N) is 2. The van der Waals surface area contributed by atoms with Crippen molar-refractivity contribution in [1.82, 2.24) is 20.4 Å². The van der Waals surface area contributed by atoms with Crippen LogP contribution in [0.15, 0.2) is 24.3 Å². The number of rotatable bonds is 17. The van der Waals surface area contributed by atoms with Gasteiger partial charge in [0.15, 0.2) is 0 Å². The topological polar surface area (TPSA) is 71.0 Å². The molecule has 0 amide bonds. The molecule has 350 valence electrons. The molecule has 2 heterocycles. The minimum atomic E-state index is 0. The highest BCUT2D eigenvalue weighted by Crippen LogP contribution is 2.58. The standard InChI is InChI=1S/C52H78N4O2.4ClH/c57-49-31-45-39(29-47-43-17-5-7-19-51(43,45)21-25-55(47)35-37-13-11-14-37)27-41(49)33-53-23-9-3-1-2-4-10-24-54-34-42-28-40-30-48-44-18-6-8-20-52(44,46(40)32-50(42)58)22-26-56(48)36-38-15-12-16-38;;;;/h27-28,31-32,37-38,43-44,47-48,53-54,57-58H,1-26,29-30,33-36H2;4*1H/t43-,44-,47+,48+,51+,52+;;;;/m0..../s1. The summed E-state index contributed by atoms with van der Waals surface area (Å²) in [6.07, 6.45) is 32.1. The van der Waals surface area contributed by atoms with E-state index < -0.39 is 0 Å². The van der Waals surface area contributed by atoms with E-state index >= 15 is 0 Å². The van der Waals surface area contributed by atoms with E-state index in [1.807, 2.05) is 0 Å². The summed E-state index contributed by atoms with van der Waals surface area (Å²) in [4.78, 5) is 5.83. The van der Waals surface area contributed by atoms with Crippen molar-refractivity contribution < 1.29 is 10.2 Å². The number of phenols is 2. The van der Waals surface area contributed by atoms with Gasteiger partial charge in [-0.15, -0.1) is 49.6 Å². The van der Waals surface area contributed by atoms with Crippen LogP contribution < -0.4 is 10.6 Å². The molecule has 4 N–H and O–H groups in total. The third-order valence-corrected chi connectivity index (χ3v) is 18.3. The number of hydrogen-bond acceptors (Lipinski definition) is 6. The second-order valence-electron chi connectivity index (χ2n) is 21.4. The molecule has 0 spiro atoms. The van der Waals surface area contributed by atoms with E-state index in [2.05, 4.69) is 44.7 Å². The fourth-order valence-electron chi connectivity index (χ4n) is 14.8. The molecule has 0 unspecified atom stereocenters. The summed E-state index contributed by atoms with van der Waals surface area (Å²) in [5, 5.41) is 30.0. The highest BCUT2D eigenvalue weighted by Gasteiger charge is 2.55. The van der Waals surface area contributed by atoms with E-state index in [9.17, 15) is 10.2 Å². The lowest BCUT2D eigenvalue weighted by Crippen LogP contribution is -2.61. The van der Waals surface area contributed by atoms with Gasteiger partial charge in [0.25, 0.3) is 0 Å². The fraction of sp³-hybridized carbons (Fsp3) is 0.769. The lowest BCUT2D eigenvalue weighted by atomic mass is 9.52. The molecule has 0 aromatic heterocycles. The minimum absolute atomic E-state index is 0. The van der Waals surface area contributed by atoms with Crippen molar-refractivity contribution in [2.45, 2.75) is 190 Å². The largest absolute Gasteiger partial charge is 0.508 e. The summed E-state index contributed by atoms with van der Waals surface area (Å²) in [5.41, 5.74) is 8.98. The molecule has 6 fully saturated rings. The number of unbranched alkanes of at least 4 members (excludes halogenated alkanes) is 5. The van der Waals surface area contributed by atoms with Crippen LogP contribution in [0.25, 0.3) is 0 Å². The Balaban J connectivity index is 0.00000160. The van der Waals surface area contributed by atoms with Gasteiger partial charge in [0, 0.05) is 60.2 Å². The third kappa shape index (κ3) is 9.86. The number of benzene rings is 2. The molecular weight excluding hydrogens is 854 g/mol. The van der Waals surface area contributed by atoms with Crippen LogP contribution in [-0.4, -0.2) is 71.4 Å². The summed E-state index contributed by atoms with van der Waals surface area (Å²) >= 11 is 0. The molecule has 8 aliphatic rings. The molecule has 6 atom stereocenters. The summed E-state index contributed by atoms with van der Waals surface area (Å²) in [5.74, 6) is 4.51. The van der Waals surface area contributed by atoms with Crippen molar-refractivity contribution in [1.29, 1.82) is 0 Å². The average Bonchev–Trinajstić information content (AvgIpc) is 3.20. The van der Waals surface area contributed by atoms with E-state index in [4.69, 9.17) is 0 Å². The first-order valence-corrected chi connectivity index (χ1v) is 25.1. The second kappa shape index (κ2) is 22.2. The molecule has 6 aliphatic carbocycles. The van der Waals surface area contributed by atoms with Gasteiger partial charge in [0.1, 0.15) is 11.5 Å². The van der Waals surface area contributed by atoms with Gasteiger partial charge in [-0.1, -0.05) is 76.3 Å². The zero-order valence-corrected chi connectivity index (χ0v) is 41.1. The van der Waals surface area contributed by atoms with Gasteiger partial charge in [0.2, 0.25) is 0 Å². The van der Waals surface area contributed by atoms with Gasteiger partial charge in [-0.3, -0.25) is 9.80 Å². The highest BCUT2D eigenvalue weighted by molar-refractivity contribution is 5.86. The van der Waals surface area contributed by atoms with Crippen molar-refractivity contribution in [2.75, 3.05) is 39.3 Å². The SMILES string of the molecule is Cl.Cl.Cl.Cl.Oc1cc2c(cc1CNCCCCCCCCNCc1cc3c(cc1O)[C@@]14CCCC[C@H]1[C@@H](C3)N(CC1CCC1)CC4)C[C@@H]1[C@@H]3CCCC[C@]23CCN1CC1CCC1. The van der Waals surface area contributed by atoms with Gasteiger partial charge >= 0.3 is 0 Å². The number of hydrogen-bond donors (Lipinski definition) is 4. The van der Waals surface area contributed by atoms with Crippen molar-refractivity contribution >= 4 is 49.6 Å². The number of fused-ring (bicyclic) bond motifs is 2. The Labute approximate surface area is 400 Å². The normalized spacial score (nSPS) is 30.0. The van der Waals surface area contributed by atoms with Crippen molar-refractivity contribution in [3.63, 3.8) is 0 Å². The highest BCUT2D eigenvalue weighted by atomic mass is 35.5. The number of aromatic hydroxyl groups is 2. The van der Waals surface area contributed by atoms with Crippen molar-refractivity contribution in [3.8, 4) is 11.5 Å². The van der Waals surface area contributed by atoms with Crippen LogP contribution in [0.1, 0.15) is 175 Å². The molecule has 4 saturated carbocycles. The molecule has 0 radical (unpaired) electrons. The second-order valence-corrected chi connectivity index (χ2v) is 21.4. The predicted octanol–water partition coefficient (Wildman–Crippen LogP) is 11.7. The quantitative estimate of drug-likeness (QED) is 0.119. The van der Waals surface area contributed by atoms with Crippen LogP contribution in [0.5, 0.6) is 11.5 Å². The van der Waals surface area contributed by atoms with Gasteiger partial charge in [0.05, 0.1) is 0 Å². The smallest absolute Gasteiger partial charge is 0.120 e. The average molecular weight is 937 g/mol. The molecule has 10 heteroatoms. The van der Waals surface area contributed by atoms with Gasteiger partial charge in [-0.2, -0.15) is 0 Å². The van der Waals surface area contributed by atoms with E-state index in [1.54, 1.807) is 11.1 Å². The Morgan fingerprint density at radius 2 is 0.919 bits per heavy atom. The molecule has 62 heavy (non-hydrogen) atoms. The summed E-state index contributed by atoms with van der Waals surface area (Å²) < 4.78 is 0. The molecular formula is C52H82Cl4N4O2. The third-order valence-electron chi connectivity index (χ3n) is 18.3. The van der Waals surface area contributed by atoms with E-state index in [-0.39, 0.29) is 49.6 Å². The lowest BCUT2D eigenvalue weighted by molar-refractivity contribution is -0.0241. The van der Waals surface area contributed by atoms with Crippen molar-refractivity contribution in [3.05, 3.63) is 57.6 Å². The fourth-order valence-corrected chi connectivity index (χ4v) is 14.8. The van der Waals surface area contributed by atoms with E-state index in [1.165, 1.54) is 191 Å². The molecule has 4 bridgehead atoms. The first kappa shape index (κ1) is 50.5. The van der Waals surface area contributed by atoms with Crippen LogP contribution in [0.2, 0.25) is 0 Å². The number of nitrogens with one attached hydrogen (secondary N) is 2. The Morgan fingerprint density at radius 1 is 0.500 bits per heavy atom. The summed E-state index contributed by atoms with van der Waals surface area (Å²) in [7, 11) is 0. The van der Waals surface area contributed by atoms with E-state index in [0.29, 0.717) is 34.4 Å². The van der Waals surface area contributed by atoms with Crippen LogP contribution in [0, 0.1) is 23.7 Å². The number of piperidine rings is 2. The summed E-state index contributed by atoms with van der Waals surface area (Å²) in [6.45, 7) is 8.78. The molecule has 6 nitrogen and oxygen atoms in total.